The first kappa shape index (κ1) is 14.1. The number of nitrogens with zero attached hydrogens (tertiary/aromatic N) is 1. The number of hydrogen-bond acceptors (Lipinski definition) is 3. The second-order valence-corrected chi connectivity index (χ2v) is 7.65. The van der Waals surface area contributed by atoms with Crippen LogP contribution >= 0.6 is 0 Å². The van der Waals surface area contributed by atoms with Crippen molar-refractivity contribution in [1.82, 2.24) is 14.9 Å². The number of carbonyl (C=O) groups excluding carboxylic acids is 1. The van der Waals surface area contributed by atoms with Gasteiger partial charge in [-0.1, -0.05) is 20.8 Å². The van der Waals surface area contributed by atoms with Crippen molar-refractivity contribution in [2.75, 3.05) is 6.54 Å². The van der Waals surface area contributed by atoms with Crippen LogP contribution in [0.5, 0.6) is 0 Å². The van der Waals surface area contributed by atoms with Crippen LogP contribution in [0, 0.1) is 10.8 Å². The van der Waals surface area contributed by atoms with Gasteiger partial charge in [0.2, 0.25) is 0 Å². The fourth-order valence-electron chi connectivity index (χ4n) is 4.44. The molecular formula is C15H21N3O3. The van der Waals surface area contributed by atoms with E-state index >= 15 is 0 Å². The highest BCUT2D eigenvalue weighted by Crippen LogP contribution is 2.52. The molecule has 1 saturated carbocycles. The summed E-state index contributed by atoms with van der Waals surface area (Å²) in [4.78, 5) is 41.7. The van der Waals surface area contributed by atoms with Gasteiger partial charge in [0.25, 0.3) is 11.5 Å². The van der Waals surface area contributed by atoms with E-state index in [2.05, 4.69) is 30.7 Å². The third-order valence-electron chi connectivity index (χ3n) is 4.67. The lowest BCUT2D eigenvalue weighted by molar-refractivity contribution is 0.0701. The van der Waals surface area contributed by atoms with Crippen molar-refractivity contribution in [2.24, 2.45) is 10.8 Å². The second kappa shape index (κ2) is 4.32. The largest absolute Gasteiger partial charge is 0.334 e. The number of likely N-dealkylation sites (tertiary alicyclic amines) is 1. The molecule has 2 N–H and O–H groups in total. The van der Waals surface area contributed by atoms with Gasteiger partial charge in [-0.3, -0.25) is 14.6 Å². The number of aromatic nitrogens is 2. The highest BCUT2D eigenvalue weighted by atomic mass is 16.2. The number of amides is 1. The molecule has 2 heterocycles. The molecule has 3 rings (SSSR count). The Balaban J connectivity index is 1.93. The summed E-state index contributed by atoms with van der Waals surface area (Å²) in [6.45, 7) is 7.38. The number of hydrogen-bond donors (Lipinski definition) is 2. The van der Waals surface area contributed by atoms with Gasteiger partial charge in [-0.15, -0.1) is 0 Å². The maximum absolute atomic E-state index is 12.7. The van der Waals surface area contributed by atoms with Crippen LogP contribution in [-0.2, 0) is 0 Å². The van der Waals surface area contributed by atoms with Gasteiger partial charge >= 0.3 is 5.69 Å². The third kappa shape index (κ3) is 2.54. The molecular weight excluding hydrogens is 270 g/mol. The number of rotatable bonds is 1. The van der Waals surface area contributed by atoms with E-state index in [9.17, 15) is 14.4 Å². The van der Waals surface area contributed by atoms with Gasteiger partial charge in [-0.05, 0) is 30.1 Å². The van der Waals surface area contributed by atoms with Gasteiger partial charge in [0.15, 0.2) is 0 Å². The highest BCUT2D eigenvalue weighted by Gasteiger charge is 2.51. The molecule has 0 unspecified atom stereocenters. The van der Waals surface area contributed by atoms with E-state index < -0.39 is 11.2 Å². The van der Waals surface area contributed by atoms with E-state index in [1.54, 1.807) is 0 Å². The Labute approximate surface area is 122 Å². The van der Waals surface area contributed by atoms with Crippen LogP contribution in [0.15, 0.2) is 15.7 Å². The van der Waals surface area contributed by atoms with Gasteiger partial charge in [-0.2, -0.15) is 0 Å². The first-order chi connectivity index (χ1) is 9.67. The first-order valence-corrected chi connectivity index (χ1v) is 7.32. The average molecular weight is 291 g/mol. The molecule has 6 nitrogen and oxygen atoms in total. The lowest BCUT2D eigenvalue weighted by Gasteiger charge is -2.39. The average Bonchev–Trinajstić information content (AvgIpc) is 2.56. The zero-order valence-electron chi connectivity index (χ0n) is 12.7. The number of fused-ring (bicyclic) bond motifs is 2. The Bertz CT molecular complexity index is 674. The van der Waals surface area contributed by atoms with Crippen molar-refractivity contribution in [2.45, 2.75) is 46.1 Å². The SMILES string of the molecule is CC1(C)C[C@H]2C[C@](C)(CN2C(=O)c2cc(=O)[nH]c(=O)[nH]2)C1. The third-order valence-corrected chi connectivity index (χ3v) is 4.67. The predicted molar refractivity (Wildman–Crippen MR) is 78.2 cm³/mol. The smallest absolute Gasteiger partial charge is 0.326 e. The molecule has 2 atom stereocenters. The summed E-state index contributed by atoms with van der Waals surface area (Å²) in [5, 5.41) is 0. The summed E-state index contributed by atoms with van der Waals surface area (Å²) >= 11 is 0. The Morgan fingerprint density at radius 1 is 1.24 bits per heavy atom. The van der Waals surface area contributed by atoms with Gasteiger partial charge in [-0.25, -0.2) is 4.79 Å². The molecule has 2 fully saturated rings. The fourth-order valence-corrected chi connectivity index (χ4v) is 4.44. The maximum atomic E-state index is 12.7. The molecule has 0 spiro atoms. The molecule has 21 heavy (non-hydrogen) atoms. The quantitative estimate of drug-likeness (QED) is 0.812. The normalized spacial score (nSPS) is 30.4. The maximum Gasteiger partial charge on any atom is 0.326 e. The molecule has 1 aromatic heterocycles. The van der Waals surface area contributed by atoms with Crippen LogP contribution in [0.1, 0.15) is 50.5 Å². The van der Waals surface area contributed by atoms with Crippen molar-refractivity contribution in [3.05, 3.63) is 32.6 Å². The minimum atomic E-state index is -0.639. The van der Waals surface area contributed by atoms with Crippen molar-refractivity contribution in [1.29, 1.82) is 0 Å². The van der Waals surface area contributed by atoms with Crippen LogP contribution in [0.25, 0.3) is 0 Å². The number of aromatic amines is 2. The zero-order chi connectivity index (χ0) is 15.4. The van der Waals surface area contributed by atoms with Gasteiger partial charge in [0, 0.05) is 18.7 Å². The van der Waals surface area contributed by atoms with E-state index in [0.29, 0.717) is 6.54 Å². The van der Waals surface area contributed by atoms with E-state index in [-0.39, 0.29) is 28.5 Å². The Hall–Kier alpha value is -1.85. The predicted octanol–water partition coefficient (Wildman–Crippen LogP) is 1.10. The van der Waals surface area contributed by atoms with Crippen LogP contribution in [0.2, 0.25) is 0 Å². The fraction of sp³-hybridized carbons (Fsp3) is 0.667. The number of nitrogens with one attached hydrogen (secondary N) is 2. The van der Waals surface area contributed by atoms with Crippen LogP contribution < -0.4 is 11.2 Å². The molecule has 1 aliphatic heterocycles. The van der Waals surface area contributed by atoms with Crippen LogP contribution in [0.3, 0.4) is 0 Å². The molecule has 1 aromatic rings. The standard InChI is InChI=1S/C15H21N3O3/c1-14(2)5-9-6-15(3,7-14)8-18(9)12(20)10-4-11(19)17-13(21)16-10/h4,9H,5-8H2,1-3H3,(H2,16,17,19,21)/t9-,15-/m0/s1. The highest BCUT2D eigenvalue weighted by molar-refractivity contribution is 5.92. The van der Waals surface area contributed by atoms with Crippen molar-refractivity contribution < 1.29 is 4.79 Å². The summed E-state index contributed by atoms with van der Waals surface area (Å²) in [5.74, 6) is -0.246. The van der Waals surface area contributed by atoms with Crippen molar-refractivity contribution in [3.8, 4) is 0 Å². The van der Waals surface area contributed by atoms with Crippen molar-refractivity contribution in [3.63, 3.8) is 0 Å². The molecule has 6 heteroatoms. The molecule has 1 saturated heterocycles. The molecule has 1 amide bonds. The molecule has 2 bridgehead atoms. The van der Waals surface area contributed by atoms with Crippen LogP contribution in [0.4, 0.5) is 0 Å². The first-order valence-electron chi connectivity index (χ1n) is 7.32. The lowest BCUT2D eigenvalue weighted by atomic mass is 9.65. The molecule has 0 aromatic carbocycles. The Morgan fingerprint density at radius 2 is 1.95 bits per heavy atom. The monoisotopic (exact) mass is 291 g/mol. The second-order valence-electron chi connectivity index (χ2n) is 7.65. The van der Waals surface area contributed by atoms with E-state index in [0.717, 1.165) is 19.3 Å². The lowest BCUT2D eigenvalue weighted by Crippen LogP contribution is -2.39. The minimum Gasteiger partial charge on any atom is -0.334 e. The van der Waals surface area contributed by atoms with Crippen LogP contribution in [-0.4, -0.2) is 33.4 Å². The Morgan fingerprint density at radius 3 is 2.62 bits per heavy atom. The molecule has 2 aliphatic rings. The number of H-pyrrole nitrogens is 2. The van der Waals surface area contributed by atoms with E-state index in [1.165, 1.54) is 6.07 Å². The summed E-state index contributed by atoms with van der Waals surface area (Å²) in [6, 6.07) is 1.36. The van der Waals surface area contributed by atoms with Gasteiger partial charge in [0.05, 0.1) is 0 Å². The van der Waals surface area contributed by atoms with Gasteiger partial charge in [0.1, 0.15) is 5.69 Å². The van der Waals surface area contributed by atoms with E-state index in [1.807, 2.05) is 4.90 Å². The van der Waals surface area contributed by atoms with Gasteiger partial charge < -0.3 is 9.88 Å². The summed E-state index contributed by atoms with van der Waals surface area (Å²) in [6.07, 6.45) is 3.05. The Kier molecular flexibility index (Phi) is 2.90. The van der Waals surface area contributed by atoms with E-state index in [4.69, 9.17) is 0 Å². The molecule has 114 valence electrons. The number of carbonyl (C=O) groups is 1. The minimum absolute atomic E-state index is 0.0812. The zero-order valence-corrected chi connectivity index (χ0v) is 12.7. The molecule has 1 aliphatic carbocycles. The summed E-state index contributed by atoms with van der Waals surface area (Å²) < 4.78 is 0. The summed E-state index contributed by atoms with van der Waals surface area (Å²) in [5.41, 5.74) is -0.759. The summed E-state index contributed by atoms with van der Waals surface area (Å²) in [7, 11) is 0. The van der Waals surface area contributed by atoms with Crippen molar-refractivity contribution >= 4 is 5.91 Å². The topological polar surface area (TPSA) is 86.0 Å². The molecule has 0 radical (unpaired) electrons.